The topological polar surface area (TPSA) is 61.3 Å². The molecule has 2 rings (SSSR count). The van der Waals surface area contributed by atoms with Crippen LogP contribution in [-0.2, 0) is 6.42 Å². The van der Waals surface area contributed by atoms with Crippen LogP contribution in [0.2, 0.25) is 0 Å². The lowest BCUT2D eigenvalue weighted by Gasteiger charge is -2.04. The highest BCUT2D eigenvalue weighted by Gasteiger charge is 2.08. The van der Waals surface area contributed by atoms with Crippen molar-refractivity contribution >= 4 is 6.01 Å². The molecule has 90 valence electrons. The van der Waals surface area contributed by atoms with Crippen LogP contribution in [0, 0.1) is 6.92 Å². The quantitative estimate of drug-likeness (QED) is 0.880. The Balaban J connectivity index is 2.11. The largest absolute Gasteiger partial charge is 0.494 e. The number of ether oxygens (including phenoxy) is 1. The van der Waals surface area contributed by atoms with Gasteiger partial charge < -0.3 is 14.9 Å². The Kier molecular flexibility index (Phi) is 3.32. The van der Waals surface area contributed by atoms with Gasteiger partial charge in [0.05, 0.1) is 12.3 Å². The van der Waals surface area contributed by atoms with Gasteiger partial charge in [0.1, 0.15) is 11.5 Å². The fraction of sp³-hybridized carbons (Fsp3) is 0.308. The number of aryl methyl sites for hydroxylation is 1. The number of rotatable bonds is 4. The van der Waals surface area contributed by atoms with Gasteiger partial charge in [-0.15, -0.1) is 0 Å². The Morgan fingerprint density at radius 1 is 1.29 bits per heavy atom. The fourth-order valence-corrected chi connectivity index (χ4v) is 1.67. The molecular formula is C13H16N2O2. The van der Waals surface area contributed by atoms with Crippen LogP contribution in [0.25, 0.3) is 0 Å². The number of nitrogens with zero attached hydrogens (tertiary/aromatic N) is 1. The molecular weight excluding hydrogens is 216 g/mol. The monoisotopic (exact) mass is 232 g/mol. The molecule has 1 heterocycles. The summed E-state index contributed by atoms with van der Waals surface area (Å²) < 4.78 is 10.7. The first-order chi connectivity index (χ1) is 8.19. The number of nitrogen functional groups attached to an aromatic ring is 1. The summed E-state index contributed by atoms with van der Waals surface area (Å²) in [5.74, 6) is 1.69. The normalized spacial score (nSPS) is 10.5. The number of aromatic nitrogens is 1. The van der Waals surface area contributed by atoms with E-state index in [0.717, 1.165) is 22.8 Å². The minimum absolute atomic E-state index is 0.225. The third kappa shape index (κ3) is 2.78. The molecule has 1 aromatic heterocycles. The number of benzene rings is 1. The maximum Gasteiger partial charge on any atom is 0.292 e. The molecule has 0 aliphatic carbocycles. The summed E-state index contributed by atoms with van der Waals surface area (Å²) in [4.78, 5) is 4.04. The van der Waals surface area contributed by atoms with Gasteiger partial charge in [-0.25, -0.2) is 0 Å². The molecule has 0 saturated heterocycles. The van der Waals surface area contributed by atoms with E-state index in [4.69, 9.17) is 14.9 Å². The van der Waals surface area contributed by atoms with Crippen LogP contribution in [0.1, 0.15) is 23.9 Å². The summed E-state index contributed by atoms with van der Waals surface area (Å²) in [6.45, 7) is 4.54. The maximum atomic E-state index is 5.50. The predicted octanol–water partition coefficient (Wildman–Crippen LogP) is 2.55. The lowest BCUT2D eigenvalue weighted by atomic mass is 10.1. The van der Waals surface area contributed by atoms with Crippen LogP contribution >= 0.6 is 0 Å². The summed E-state index contributed by atoms with van der Waals surface area (Å²) in [7, 11) is 0. The van der Waals surface area contributed by atoms with Crippen molar-refractivity contribution in [3.05, 3.63) is 41.3 Å². The molecule has 4 heteroatoms. The lowest BCUT2D eigenvalue weighted by Crippen LogP contribution is -1.92. The first kappa shape index (κ1) is 11.5. The van der Waals surface area contributed by atoms with E-state index in [1.54, 1.807) is 0 Å². The molecule has 0 aliphatic heterocycles. The van der Waals surface area contributed by atoms with Gasteiger partial charge >= 0.3 is 0 Å². The van der Waals surface area contributed by atoms with Crippen molar-refractivity contribution in [3.8, 4) is 5.75 Å². The van der Waals surface area contributed by atoms with Crippen LogP contribution in [0.3, 0.4) is 0 Å². The van der Waals surface area contributed by atoms with Crippen molar-refractivity contribution in [2.24, 2.45) is 0 Å². The molecule has 0 saturated carbocycles. The molecule has 2 aromatic rings. The van der Waals surface area contributed by atoms with Crippen LogP contribution in [0.5, 0.6) is 5.75 Å². The molecule has 0 atom stereocenters. The van der Waals surface area contributed by atoms with Crippen molar-refractivity contribution in [3.63, 3.8) is 0 Å². The Labute approximate surface area is 100 Å². The molecule has 0 bridgehead atoms. The zero-order valence-corrected chi connectivity index (χ0v) is 10.1. The second kappa shape index (κ2) is 4.91. The minimum Gasteiger partial charge on any atom is -0.494 e. The van der Waals surface area contributed by atoms with Crippen LogP contribution in [0.15, 0.2) is 28.7 Å². The number of hydrogen-bond donors (Lipinski definition) is 1. The standard InChI is InChI=1S/C13H16N2O2/c1-3-16-11-6-4-10(5-7-11)8-12-9(2)15-13(14)17-12/h4-7H,3,8H2,1-2H3,(H2,14,15). The van der Waals surface area contributed by atoms with Gasteiger partial charge in [0.25, 0.3) is 6.01 Å². The highest BCUT2D eigenvalue weighted by atomic mass is 16.5. The summed E-state index contributed by atoms with van der Waals surface area (Å²) in [6.07, 6.45) is 0.697. The van der Waals surface area contributed by atoms with Gasteiger partial charge in [-0.3, -0.25) is 0 Å². The van der Waals surface area contributed by atoms with Crippen molar-refractivity contribution < 1.29 is 9.15 Å². The Hall–Kier alpha value is -1.97. The van der Waals surface area contributed by atoms with E-state index in [-0.39, 0.29) is 6.01 Å². The van der Waals surface area contributed by atoms with Crippen LogP contribution in [-0.4, -0.2) is 11.6 Å². The number of anilines is 1. The Morgan fingerprint density at radius 2 is 2.00 bits per heavy atom. The first-order valence-electron chi connectivity index (χ1n) is 5.62. The van der Waals surface area contributed by atoms with Crippen molar-refractivity contribution in [2.75, 3.05) is 12.3 Å². The SMILES string of the molecule is CCOc1ccc(Cc2oc(N)nc2C)cc1. The van der Waals surface area contributed by atoms with E-state index in [1.807, 2.05) is 38.1 Å². The second-order valence-corrected chi connectivity index (χ2v) is 3.81. The molecule has 0 aliphatic rings. The molecule has 0 spiro atoms. The van der Waals surface area contributed by atoms with Crippen LogP contribution < -0.4 is 10.5 Å². The fourth-order valence-electron chi connectivity index (χ4n) is 1.67. The average Bonchev–Trinajstić information content (AvgIpc) is 2.61. The van der Waals surface area contributed by atoms with E-state index in [9.17, 15) is 0 Å². The summed E-state index contributed by atoms with van der Waals surface area (Å²) in [5.41, 5.74) is 7.49. The van der Waals surface area contributed by atoms with Gasteiger partial charge in [0, 0.05) is 6.42 Å². The number of hydrogen-bond acceptors (Lipinski definition) is 4. The van der Waals surface area contributed by atoms with Gasteiger partial charge in [0.15, 0.2) is 0 Å². The molecule has 0 unspecified atom stereocenters. The third-order valence-electron chi connectivity index (χ3n) is 2.51. The third-order valence-corrected chi connectivity index (χ3v) is 2.51. The zero-order chi connectivity index (χ0) is 12.3. The smallest absolute Gasteiger partial charge is 0.292 e. The molecule has 17 heavy (non-hydrogen) atoms. The molecule has 4 nitrogen and oxygen atoms in total. The first-order valence-corrected chi connectivity index (χ1v) is 5.62. The van der Waals surface area contributed by atoms with E-state index < -0.39 is 0 Å². The van der Waals surface area contributed by atoms with E-state index in [1.165, 1.54) is 0 Å². The highest BCUT2D eigenvalue weighted by molar-refractivity contribution is 5.31. The summed E-state index contributed by atoms with van der Waals surface area (Å²) >= 11 is 0. The number of nitrogens with two attached hydrogens (primary N) is 1. The average molecular weight is 232 g/mol. The second-order valence-electron chi connectivity index (χ2n) is 3.81. The van der Waals surface area contributed by atoms with E-state index in [0.29, 0.717) is 13.0 Å². The molecule has 0 amide bonds. The van der Waals surface area contributed by atoms with Crippen LogP contribution in [0.4, 0.5) is 6.01 Å². The van der Waals surface area contributed by atoms with E-state index in [2.05, 4.69) is 4.98 Å². The van der Waals surface area contributed by atoms with Gasteiger partial charge in [0.2, 0.25) is 0 Å². The molecule has 1 aromatic carbocycles. The van der Waals surface area contributed by atoms with Crippen molar-refractivity contribution in [1.29, 1.82) is 0 Å². The maximum absolute atomic E-state index is 5.50. The summed E-state index contributed by atoms with van der Waals surface area (Å²) in [5, 5.41) is 0. The highest BCUT2D eigenvalue weighted by Crippen LogP contribution is 2.18. The van der Waals surface area contributed by atoms with Gasteiger partial charge in [-0.05, 0) is 31.5 Å². The zero-order valence-electron chi connectivity index (χ0n) is 10.1. The molecule has 0 radical (unpaired) electrons. The Bertz CT molecular complexity index is 489. The summed E-state index contributed by atoms with van der Waals surface area (Å²) in [6, 6.07) is 8.16. The van der Waals surface area contributed by atoms with Crippen molar-refractivity contribution in [2.45, 2.75) is 20.3 Å². The lowest BCUT2D eigenvalue weighted by molar-refractivity contribution is 0.340. The van der Waals surface area contributed by atoms with Gasteiger partial charge in [-0.2, -0.15) is 4.98 Å². The van der Waals surface area contributed by atoms with Gasteiger partial charge in [-0.1, -0.05) is 12.1 Å². The molecule has 0 fully saturated rings. The Morgan fingerprint density at radius 3 is 2.53 bits per heavy atom. The van der Waals surface area contributed by atoms with Crippen molar-refractivity contribution in [1.82, 2.24) is 4.98 Å². The number of oxazole rings is 1. The minimum atomic E-state index is 0.225. The predicted molar refractivity (Wildman–Crippen MR) is 66.1 cm³/mol. The molecule has 2 N–H and O–H groups in total. The van der Waals surface area contributed by atoms with E-state index >= 15 is 0 Å².